The van der Waals surface area contributed by atoms with Crippen molar-refractivity contribution in [3.05, 3.63) is 77.7 Å². The maximum absolute atomic E-state index is 14.2. The van der Waals surface area contributed by atoms with Crippen LogP contribution < -0.4 is 11.1 Å². The van der Waals surface area contributed by atoms with E-state index in [0.29, 0.717) is 22.8 Å². The number of nitrogen functional groups attached to an aromatic ring is 1. The molecule has 4 aromatic rings. The minimum absolute atomic E-state index is 0.166. The van der Waals surface area contributed by atoms with Gasteiger partial charge in [0, 0.05) is 29.9 Å². The number of anilines is 3. The van der Waals surface area contributed by atoms with Crippen molar-refractivity contribution in [2.75, 3.05) is 31.7 Å². The molecule has 0 bridgehead atoms. The number of halogens is 3. The lowest BCUT2D eigenvalue weighted by Gasteiger charge is -2.12. The smallest absolute Gasteiger partial charge is 0.133 e. The van der Waals surface area contributed by atoms with Gasteiger partial charge >= 0.3 is 0 Å². The molecular weight excluding hydrogens is 446 g/mol. The predicted octanol–water partition coefficient (Wildman–Crippen LogP) is 5.43. The van der Waals surface area contributed by atoms with E-state index in [2.05, 4.69) is 20.3 Å². The van der Waals surface area contributed by atoms with E-state index >= 15 is 0 Å². The molecule has 0 aliphatic carbocycles. The van der Waals surface area contributed by atoms with E-state index < -0.39 is 11.6 Å². The Morgan fingerprint density at radius 2 is 1.85 bits per heavy atom. The Labute approximate surface area is 195 Å². The second-order valence-electron chi connectivity index (χ2n) is 7.91. The first-order chi connectivity index (χ1) is 15.8. The van der Waals surface area contributed by atoms with Gasteiger partial charge in [0.05, 0.1) is 24.1 Å². The van der Waals surface area contributed by atoms with Crippen molar-refractivity contribution in [3.8, 4) is 22.3 Å². The molecule has 0 radical (unpaired) electrons. The van der Waals surface area contributed by atoms with Gasteiger partial charge < -0.3 is 16.0 Å². The maximum atomic E-state index is 14.2. The summed E-state index contributed by atoms with van der Waals surface area (Å²) < 4.78 is 29.4. The average molecular weight is 469 g/mol. The van der Waals surface area contributed by atoms with Gasteiger partial charge in [0.2, 0.25) is 0 Å². The molecule has 4 rings (SSSR count). The molecule has 0 aliphatic heterocycles. The van der Waals surface area contributed by atoms with Gasteiger partial charge in [-0.05, 0) is 61.6 Å². The highest BCUT2D eigenvalue weighted by atomic mass is 35.5. The summed E-state index contributed by atoms with van der Waals surface area (Å²) in [5.74, 6) is -0.943. The molecule has 3 N–H and O–H groups in total. The van der Waals surface area contributed by atoms with Crippen LogP contribution in [0.25, 0.3) is 22.3 Å². The molecule has 170 valence electrons. The van der Waals surface area contributed by atoms with Crippen LogP contribution in [0.2, 0.25) is 5.15 Å². The minimum atomic E-state index is -0.682. The minimum Gasteiger partial charge on any atom is -0.397 e. The number of aromatic nitrogens is 3. The Hall–Kier alpha value is -3.49. The number of likely N-dealkylation sites (N-methyl/N-ethyl adjacent to an activating group) is 1. The van der Waals surface area contributed by atoms with Crippen LogP contribution in [0.4, 0.5) is 26.0 Å². The molecule has 0 saturated heterocycles. The third-order valence-corrected chi connectivity index (χ3v) is 5.29. The zero-order chi connectivity index (χ0) is 23.5. The molecule has 2 aromatic heterocycles. The van der Waals surface area contributed by atoms with E-state index in [0.717, 1.165) is 30.3 Å². The fraction of sp³-hybridized carbons (Fsp3) is 0.167. The Morgan fingerprint density at radius 1 is 1.03 bits per heavy atom. The van der Waals surface area contributed by atoms with E-state index in [1.54, 1.807) is 12.3 Å². The van der Waals surface area contributed by atoms with Crippen LogP contribution in [-0.2, 0) is 6.54 Å². The van der Waals surface area contributed by atoms with Gasteiger partial charge in [0.1, 0.15) is 22.6 Å². The van der Waals surface area contributed by atoms with E-state index in [1.807, 2.05) is 43.2 Å². The summed E-state index contributed by atoms with van der Waals surface area (Å²) in [6.07, 6.45) is 3.78. The van der Waals surface area contributed by atoms with Gasteiger partial charge in [-0.15, -0.1) is 0 Å². The van der Waals surface area contributed by atoms with E-state index in [1.165, 1.54) is 18.2 Å². The Bertz CT molecular complexity index is 1290. The molecular formula is C24H23ClF2N6. The van der Waals surface area contributed by atoms with Crippen LogP contribution >= 0.6 is 11.6 Å². The number of nitrogens with two attached hydrogens (primary N) is 1. The molecule has 0 fully saturated rings. The highest BCUT2D eigenvalue weighted by molar-refractivity contribution is 6.29. The summed E-state index contributed by atoms with van der Waals surface area (Å²) >= 11 is 6.15. The van der Waals surface area contributed by atoms with Crippen LogP contribution in [0.15, 0.2) is 60.9 Å². The molecule has 0 aliphatic rings. The second-order valence-corrected chi connectivity index (χ2v) is 8.30. The van der Waals surface area contributed by atoms with Gasteiger partial charge in [-0.2, -0.15) is 5.10 Å². The van der Waals surface area contributed by atoms with Crippen LogP contribution in [0.3, 0.4) is 0 Å². The van der Waals surface area contributed by atoms with Crippen molar-refractivity contribution in [2.45, 2.75) is 6.54 Å². The molecule has 33 heavy (non-hydrogen) atoms. The number of hydrogen-bond acceptors (Lipinski definition) is 5. The number of rotatable bonds is 7. The number of nitrogens with one attached hydrogen (secondary N) is 1. The molecule has 0 amide bonds. The summed E-state index contributed by atoms with van der Waals surface area (Å²) in [6.45, 7) is 1.68. The van der Waals surface area contributed by atoms with Crippen molar-refractivity contribution >= 4 is 28.8 Å². The third kappa shape index (κ3) is 5.47. The quantitative estimate of drug-likeness (QED) is 0.279. The normalized spacial score (nSPS) is 11.2. The first-order valence-electron chi connectivity index (χ1n) is 10.3. The molecule has 6 nitrogen and oxygen atoms in total. The molecule has 0 saturated carbocycles. The van der Waals surface area contributed by atoms with E-state index in [-0.39, 0.29) is 10.7 Å². The van der Waals surface area contributed by atoms with Crippen LogP contribution in [0.1, 0.15) is 0 Å². The molecule has 2 aromatic carbocycles. The van der Waals surface area contributed by atoms with Crippen molar-refractivity contribution in [2.24, 2.45) is 0 Å². The highest BCUT2D eigenvalue weighted by Crippen LogP contribution is 2.32. The summed E-state index contributed by atoms with van der Waals surface area (Å²) in [6, 6.07) is 12.1. The lowest BCUT2D eigenvalue weighted by Crippen LogP contribution is -2.18. The molecule has 0 atom stereocenters. The zero-order valence-corrected chi connectivity index (χ0v) is 18.9. The molecule has 0 spiro atoms. The fourth-order valence-electron chi connectivity index (χ4n) is 3.37. The van der Waals surface area contributed by atoms with Gasteiger partial charge in [-0.1, -0.05) is 17.7 Å². The van der Waals surface area contributed by atoms with E-state index in [4.69, 9.17) is 17.3 Å². The van der Waals surface area contributed by atoms with Gasteiger partial charge in [0.15, 0.2) is 0 Å². The zero-order valence-electron chi connectivity index (χ0n) is 18.2. The van der Waals surface area contributed by atoms with Crippen molar-refractivity contribution in [1.82, 2.24) is 19.7 Å². The summed E-state index contributed by atoms with van der Waals surface area (Å²) in [5, 5.41) is 7.69. The van der Waals surface area contributed by atoms with Gasteiger partial charge in [-0.25, -0.2) is 13.8 Å². The third-order valence-electron chi connectivity index (χ3n) is 5.09. The van der Waals surface area contributed by atoms with Crippen molar-refractivity contribution in [3.63, 3.8) is 0 Å². The summed E-state index contributed by atoms with van der Waals surface area (Å²) in [5.41, 5.74) is 9.99. The highest BCUT2D eigenvalue weighted by Gasteiger charge is 2.11. The van der Waals surface area contributed by atoms with E-state index in [9.17, 15) is 8.78 Å². The fourth-order valence-corrected chi connectivity index (χ4v) is 3.58. The Balaban J connectivity index is 1.56. The lowest BCUT2D eigenvalue weighted by molar-refractivity contribution is 0.373. The first kappa shape index (κ1) is 22.7. The van der Waals surface area contributed by atoms with Crippen molar-refractivity contribution in [1.29, 1.82) is 0 Å². The van der Waals surface area contributed by atoms with Crippen LogP contribution in [-0.4, -0.2) is 40.3 Å². The maximum Gasteiger partial charge on any atom is 0.133 e. The van der Waals surface area contributed by atoms with Gasteiger partial charge in [0.25, 0.3) is 0 Å². The largest absolute Gasteiger partial charge is 0.397 e. The monoisotopic (exact) mass is 468 g/mol. The number of benzene rings is 2. The SMILES string of the molecule is CN(C)CCn1cc(-c2ccc(Nc3cc(-c4ccc(F)cc4F)cc(Cl)n3)c(N)c2)cn1. The molecule has 9 heteroatoms. The Kier molecular flexibility index (Phi) is 6.57. The molecule has 0 unspecified atom stereocenters. The summed E-state index contributed by atoms with van der Waals surface area (Å²) in [7, 11) is 4.04. The standard InChI is InChI=1S/C24H23ClF2N6/c1-32(2)7-8-33-14-17(13-29-33)15-3-6-22(21(28)9-15)30-24-11-16(10-23(25)31-24)19-5-4-18(26)12-20(19)27/h3-6,9-14H,7-8,28H2,1-2H3,(H,30,31). The van der Waals surface area contributed by atoms with Gasteiger partial charge in [-0.3, -0.25) is 4.68 Å². The van der Waals surface area contributed by atoms with Crippen LogP contribution in [0.5, 0.6) is 0 Å². The van der Waals surface area contributed by atoms with Crippen LogP contribution in [0, 0.1) is 11.6 Å². The topological polar surface area (TPSA) is 72.0 Å². The van der Waals surface area contributed by atoms with Crippen molar-refractivity contribution < 1.29 is 8.78 Å². The lowest BCUT2D eigenvalue weighted by atomic mass is 10.1. The number of nitrogens with zero attached hydrogens (tertiary/aromatic N) is 4. The number of pyridine rings is 1. The number of hydrogen-bond donors (Lipinski definition) is 2. The molecule has 2 heterocycles. The predicted molar refractivity (Wildman–Crippen MR) is 129 cm³/mol. The first-order valence-corrected chi connectivity index (χ1v) is 10.6. The summed E-state index contributed by atoms with van der Waals surface area (Å²) in [4.78, 5) is 6.34. The Morgan fingerprint density at radius 3 is 2.58 bits per heavy atom. The second kappa shape index (κ2) is 9.56. The average Bonchev–Trinajstić information content (AvgIpc) is 3.22.